The summed E-state index contributed by atoms with van der Waals surface area (Å²) >= 11 is 0. The Kier molecular flexibility index (Phi) is 4.56. The molecule has 0 unspecified atom stereocenters. The molecular weight excluding hydrogens is 250 g/mol. The van der Waals surface area contributed by atoms with Crippen LogP contribution in [0.1, 0.15) is 32.8 Å². The molecule has 0 saturated carbocycles. The van der Waals surface area contributed by atoms with E-state index in [4.69, 9.17) is 10.5 Å². The van der Waals surface area contributed by atoms with Crippen molar-refractivity contribution in [2.24, 2.45) is 0 Å². The number of ether oxygens (including phenoxy) is 1. The van der Waals surface area contributed by atoms with E-state index >= 15 is 0 Å². The maximum atomic E-state index is 6.00. The van der Waals surface area contributed by atoms with Crippen LogP contribution >= 0.6 is 0 Å². The highest BCUT2D eigenvalue weighted by Crippen LogP contribution is 2.33. The van der Waals surface area contributed by atoms with Gasteiger partial charge in [-0.2, -0.15) is 0 Å². The fraction of sp³-hybridized carbons (Fsp3) is 0.375. The number of nitrogens with zero attached hydrogens (tertiary/aromatic N) is 2. The molecule has 0 bridgehead atoms. The first-order valence-corrected chi connectivity index (χ1v) is 6.98. The molecule has 0 spiro atoms. The Bertz CT molecular complexity index is 582. The number of hydrogen-bond acceptors (Lipinski definition) is 4. The van der Waals surface area contributed by atoms with Crippen LogP contribution in [-0.4, -0.2) is 16.1 Å². The van der Waals surface area contributed by atoms with E-state index in [0.717, 1.165) is 35.4 Å². The molecule has 0 fully saturated rings. The zero-order chi connectivity index (χ0) is 14.5. The Morgan fingerprint density at radius 2 is 1.95 bits per heavy atom. The molecule has 2 aromatic rings. The Morgan fingerprint density at radius 3 is 2.65 bits per heavy atom. The summed E-state index contributed by atoms with van der Waals surface area (Å²) in [5, 5.41) is 0. The minimum absolute atomic E-state index is 0.116. The highest BCUT2D eigenvalue weighted by Gasteiger charge is 2.15. The average Bonchev–Trinajstić information content (AvgIpc) is 2.41. The number of nitrogen functional groups attached to an aromatic ring is 1. The van der Waals surface area contributed by atoms with Crippen molar-refractivity contribution in [3.05, 3.63) is 36.2 Å². The van der Waals surface area contributed by atoms with Gasteiger partial charge in [-0.1, -0.05) is 25.5 Å². The van der Waals surface area contributed by atoms with Crippen molar-refractivity contribution < 1.29 is 4.74 Å². The van der Waals surface area contributed by atoms with Gasteiger partial charge in [0.2, 0.25) is 0 Å². The van der Waals surface area contributed by atoms with Crippen molar-refractivity contribution in [3.63, 3.8) is 0 Å². The quantitative estimate of drug-likeness (QED) is 0.904. The molecule has 2 N–H and O–H groups in total. The molecule has 1 aromatic heterocycles. The van der Waals surface area contributed by atoms with Gasteiger partial charge in [-0.05, 0) is 32.4 Å². The molecule has 0 aliphatic rings. The maximum Gasteiger partial charge on any atom is 0.130 e. The third-order valence-corrected chi connectivity index (χ3v) is 2.98. The number of nitrogens with two attached hydrogens (primary N) is 1. The molecule has 0 aliphatic heterocycles. The van der Waals surface area contributed by atoms with Crippen LogP contribution in [0.3, 0.4) is 0 Å². The second-order valence-electron chi connectivity index (χ2n) is 5.00. The average molecular weight is 271 g/mol. The van der Waals surface area contributed by atoms with Gasteiger partial charge in [-0.3, -0.25) is 0 Å². The summed E-state index contributed by atoms with van der Waals surface area (Å²) in [5.41, 5.74) is 8.84. The Labute approximate surface area is 120 Å². The highest BCUT2D eigenvalue weighted by molar-refractivity contribution is 5.72. The molecule has 1 heterocycles. The number of anilines is 1. The van der Waals surface area contributed by atoms with Gasteiger partial charge >= 0.3 is 0 Å². The van der Waals surface area contributed by atoms with E-state index in [1.54, 1.807) is 0 Å². The van der Waals surface area contributed by atoms with Crippen molar-refractivity contribution in [1.82, 2.24) is 9.97 Å². The van der Waals surface area contributed by atoms with E-state index < -0.39 is 0 Å². The van der Waals surface area contributed by atoms with E-state index in [0.29, 0.717) is 5.82 Å². The van der Waals surface area contributed by atoms with Crippen LogP contribution in [0.25, 0.3) is 11.3 Å². The molecule has 4 heteroatoms. The van der Waals surface area contributed by atoms with Crippen LogP contribution < -0.4 is 10.5 Å². The predicted molar refractivity (Wildman–Crippen MR) is 81.6 cm³/mol. The van der Waals surface area contributed by atoms with Crippen molar-refractivity contribution >= 4 is 5.82 Å². The minimum atomic E-state index is 0.116. The first-order valence-electron chi connectivity index (χ1n) is 6.98. The molecule has 0 amide bonds. The summed E-state index contributed by atoms with van der Waals surface area (Å²) < 4.78 is 5.87. The van der Waals surface area contributed by atoms with Crippen molar-refractivity contribution in [2.45, 2.75) is 39.7 Å². The lowest BCUT2D eigenvalue weighted by Crippen LogP contribution is -2.08. The zero-order valence-electron chi connectivity index (χ0n) is 12.3. The largest absolute Gasteiger partial charge is 0.490 e. The van der Waals surface area contributed by atoms with E-state index in [1.807, 2.05) is 38.1 Å². The van der Waals surface area contributed by atoms with Gasteiger partial charge in [0.05, 0.1) is 11.8 Å². The molecule has 0 saturated heterocycles. The fourth-order valence-corrected chi connectivity index (χ4v) is 2.17. The molecule has 106 valence electrons. The summed E-state index contributed by atoms with van der Waals surface area (Å²) in [4.78, 5) is 8.53. The van der Waals surface area contributed by atoms with Crippen molar-refractivity contribution in [1.29, 1.82) is 0 Å². The summed E-state index contributed by atoms with van der Waals surface area (Å²) in [6, 6.07) is 7.92. The molecule has 2 rings (SSSR count). The number of aromatic nitrogens is 2. The van der Waals surface area contributed by atoms with Crippen molar-refractivity contribution in [2.75, 3.05) is 5.73 Å². The SMILES string of the molecule is CCCc1c(N)ncnc1-c1ccccc1OC(C)C. The Morgan fingerprint density at radius 1 is 1.20 bits per heavy atom. The normalized spacial score (nSPS) is 10.8. The molecule has 0 aliphatic carbocycles. The van der Waals surface area contributed by atoms with Gasteiger partial charge in [-0.15, -0.1) is 0 Å². The summed E-state index contributed by atoms with van der Waals surface area (Å²) in [6.45, 7) is 6.14. The van der Waals surface area contributed by atoms with Crippen molar-refractivity contribution in [3.8, 4) is 17.0 Å². The van der Waals surface area contributed by atoms with Crippen LogP contribution in [0, 0.1) is 0 Å². The van der Waals surface area contributed by atoms with Crippen LogP contribution in [0.4, 0.5) is 5.82 Å². The van der Waals surface area contributed by atoms with Crippen LogP contribution in [0.5, 0.6) is 5.75 Å². The second kappa shape index (κ2) is 6.37. The number of para-hydroxylation sites is 1. The molecule has 20 heavy (non-hydrogen) atoms. The second-order valence-corrected chi connectivity index (χ2v) is 5.00. The lowest BCUT2D eigenvalue weighted by Gasteiger charge is -2.16. The van der Waals surface area contributed by atoms with Gasteiger partial charge in [0.1, 0.15) is 17.9 Å². The minimum Gasteiger partial charge on any atom is -0.490 e. The molecule has 1 aromatic carbocycles. The van der Waals surface area contributed by atoms with Gasteiger partial charge in [0.15, 0.2) is 0 Å². The van der Waals surface area contributed by atoms with E-state index in [1.165, 1.54) is 6.33 Å². The third-order valence-electron chi connectivity index (χ3n) is 2.98. The molecule has 0 atom stereocenters. The summed E-state index contributed by atoms with van der Waals surface area (Å²) in [6.07, 6.45) is 3.48. The Balaban J connectivity index is 2.54. The first kappa shape index (κ1) is 14.3. The van der Waals surface area contributed by atoms with Crippen LogP contribution in [0.15, 0.2) is 30.6 Å². The fourth-order valence-electron chi connectivity index (χ4n) is 2.17. The monoisotopic (exact) mass is 271 g/mol. The lowest BCUT2D eigenvalue weighted by molar-refractivity contribution is 0.243. The highest BCUT2D eigenvalue weighted by atomic mass is 16.5. The standard InChI is InChI=1S/C16H21N3O/c1-4-7-13-15(18-10-19-16(13)17)12-8-5-6-9-14(12)20-11(2)3/h5-6,8-11H,4,7H2,1-3H3,(H2,17,18,19). The molecule has 4 nitrogen and oxygen atoms in total. The Hall–Kier alpha value is -2.10. The summed E-state index contributed by atoms with van der Waals surface area (Å²) in [5.74, 6) is 1.38. The summed E-state index contributed by atoms with van der Waals surface area (Å²) in [7, 11) is 0. The predicted octanol–water partition coefficient (Wildman–Crippen LogP) is 3.47. The third kappa shape index (κ3) is 3.07. The zero-order valence-corrected chi connectivity index (χ0v) is 12.3. The van der Waals surface area contributed by atoms with E-state index in [2.05, 4.69) is 16.9 Å². The first-order chi connectivity index (χ1) is 9.63. The maximum absolute atomic E-state index is 6.00. The molecule has 0 radical (unpaired) electrons. The van der Waals surface area contributed by atoms with E-state index in [-0.39, 0.29) is 6.10 Å². The smallest absolute Gasteiger partial charge is 0.130 e. The number of rotatable bonds is 5. The number of benzene rings is 1. The van der Waals surface area contributed by atoms with Crippen LogP contribution in [-0.2, 0) is 6.42 Å². The molecular formula is C16H21N3O. The van der Waals surface area contributed by atoms with Gasteiger partial charge in [0.25, 0.3) is 0 Å². The van der Waals surface area contributed by atoms with Crippen LogP contribution in [0.2, 0.25) is 0 Å². The number of hydrogen-bond donors (Lipinski definition) is 1. The van der Waals surface area contributed by atoms with Gasteiger partial charge in [0, 0.05) is 11.1 Å². The topological polar surface area (TPSA) is 61.0 Å². The van der Waals surface area contributed by atoms with Gasteiger partial charge in [-0.25, -0.2) is 9.97 Å². The lowest BCUT2D eigenvalue weighted by atomic mass is 10.0. The van der Waals surface area contributed by atoms with Gasteiger partial charge < -0.3 is 10.5 Å². The van der Waals surface area contributed by atoms with E-state index in [9.17, 15) is 0 Å².